The van der Waals surface area contributed by atoms with Gasteiger partial charge in [0.05, 0.1) is 26.4 Å². The summed E-state index contributed by atoms with van der Waals surface area (Å²) in [4.78, 5) is 72.6. The van der Waals surface area contributed by atoms with Gasteiger partial charge in [0.2, 0.25) is 0 Å². The Bertz CT molecular complexity index is 1890. The molecule has 0 saturated heterocycles. The van der Waals surface area contributed by atoms with Crippen molar-refractivity contribution in [3.63, 3.8) is 0 Å². The van der Waals surface area contributed by atoms with Crippen LogP contribution >= 0.6 is 15.6 Å². The average Bonchev–Trinajstić information content (AvgIpc) is 2.01. The van der Waals surface area contributed by atoms with Crippen LogP contribution in [0.25, 0.3) is 0 Å². The number of aliphatic hydroxyl groups is 1. The van der Waals surface area contributed by atoms with E-state index in [-0.39, 0.29) is 25.7 Å². The predicted octanol–water partition coefficient (Wildman–Crippen LogP) is 20.6. The summed E-state index contributed by atoms with van der Waals surface area (Å²) in [5.74, 6) is 0.0547. The number of aliphatic hydroxyl groups excluding tert-OH is 1. The van der Waals surface area contributed by atoms with Crippen LogP contribution in [0.5, 0.6) is 0 Å². The lowest BCUT2D eigenvalue weighted by Crippen LogP contribution is -2.30. The number of carbonyl (C=O) groups excluding carboxylic acids is 4. The smallest absolute Gasteiger partial charge is 0.462 e. The SMILES string of the molecule is CCCCCC/C=C\C=C/CCCCCCCC(=O)O[C@H](COC(=O)CCCCCCCCC(C)C)COP(=O)(O)OC[C@H](O)COP(=O)(O)OC[C@@H](COC(=O)CCCCCCCCCCCCCC(C)C)OC(=O)CCCCCCCCCCCCCC(C)C. The molecule has 0 fully saturated rings. The molecule has 19 heteroatoms. The molecule has 0 bridgehead atoms. The van der Waals surface area contributed by atoms with Crippen LogP contribution in [0.2, 0.25) is 0 Å². The predicted molar refractivity (Wildman–Crippen MR) is 372 cm³/mol. The van der Waals surface area contributed by atoms with Gasteiger partial charge in [0.25, 0.3) is 0 Å². The molecule has 0 aromatic rings. The summed E-state index contributed by atoms with van der Waals surface area (Å²) in [6.07, 6.45) is 50.9. The lowest BCUT2D eigenvalue weighted by molar-refractivity contribution is -0.161. The van der Waals surface area contributed by atoms with E-state index < -0.39 is 97.5 Å². The monoisotopic (exact) mass is 1350 g/mol. The molecule has 17 nitrogen and oxygen atoms in total. The van der Waals surface area contributed by atoms with Crippen molar-refractivity contribution >= 4 is 39.5 Å². The van der Waals surface area contributed by atoms with E-state index in [4.69, 9.17) is 37.0 Å². The number of unbranched alkanes of at least 4 members (excludes halogenated alkanes) is 34. The van der Waals surface area contributed by atoms with Gasteiger partial charge in [0.15, 0.2) is 12.2 Å². The number of carbonyl (C=O) groups is 4. The Morgan fingerprint density at radius 3 is 0.880 bits per heavy atom. The third-order valence-electron chi connectivity index (χ3n) is 16.3. The van der Waals surface area contributed by atoms with Crippen molar-refractivity contribution < 1.29 is 80.2 Å². The van der Waals surface area contributed by atoms with Gasteiger partial charge in [0, 0.05) is 25.7 Å². The van der Waals surface area contributed by atoms with E-state index in [0.29, 0.717) is 31.6 Å². The van der Waals surface area contributed by atoms with Crippen LogP contribution in [0.15, 0.2) is 24.3 Å². The first-order valence-corrected chi connectivity index (χ1v) is 40.2. The van der Waals surface area contributed by atoms with Crippen LogP contribution in [0.1, 0.15) is 344 Å². The molecule has 0 aromatic heterocycles. The van der Waals surface area contributed by atoms with E-state index >= 15 is 0 Å². The first-order chi connectivity index (χ1) is 44.2. The van der Waals surface area contributed by atoms with Crippen LogP contribution in [-0.4, -0.2) is 96.7 Å². The second-order valence-corrected chi connectivity index (χ2v) is 30.0. The minimum absolute atomic E-state index is 0.0836. The fraction of sp³-hybridized carbons (Fsp3) is 0.890. The first kappa shape index (κ1) is 89.5. The zero-order valence-corrected chi connectivity index (χ0v) is 61.3. The largest absolute Gasteiger partial charge is 0.472 e. The van der Waals surface area contributed by atoms with Crippen molar-refractivity contribution in [2.45, 2.75) is 362 Å². The Labute approximate surface area is 561 Å². The topological polar surface area (TPSA) is 237 Å². The number of esters is 4. The number of rotatable bonds is 69. The number of hydrogen-bond acceptors (Lipinski definition) is 15. The summed E-state index contributed by atoms with van der Waals surface area (Å²) < 4.78 is 68.3. The molecule has 3 N–H and O–H groups in total. The Morgan fingerprint density at radius 1 is 0.337 bits per heavy atom. The van der Waals surface area contributed by atoms with Crippen molar-refractivity contribution in [3.8, 4) is 0 Å². The lowest BCUT2D eigenvalue weighted by atomic mass is 10.0. The minimum atomic E-state index is -4.96. The molecule has 0 radical (unpaired) electrons. The summed E-state index contributed by atoms with van der Waals surface area (Å²) in [5, 5.41) is 10.6. The van der Waals surface area contributed by atoms with Gasteiger partial charge in [-0.1, -0.05) is 291 Å². The molecule has 542 valence electrons. The fourth-order valence-corrected chi connectivity index (χ4v) is 12.1. The average molecular weight is 1350 g/mol. The lowest BCUT2D eigenvalue weighted by Gasteiger charge is -2.21. The molecule has 0 aliphatic heterocycles. The number of hydrogen-bond donors (Lipinski definition) is 3. The van der Waals surface area contributed by atoms with Crippen LogP contribution < -0.4 is 0 Å². The summed E-state index contributed by atoms with van der Waals surface area (Å²) in [7, 11) is -9.92. The summed E-state index contributed by atoms with van der Waals surface area (Å²) in [6.45, 7) is 11.7. The van der Waals surface area contributed by atoms with Crippen molar-refractivity contribution in [2.24, 2.45) is 17.8 Å². The molecular formula is C73H138O17P2. The fourth-order valence-electron chi connectivity index (χ4n) is 10.5. The van der Waals surface area contributed by atoms with Crippen molar-refractivity contribution in [2.75, 3.05) is 39.6 Å². The Morgan fingerprint density at radius 2 is 0.587 bits per heavy atom. The molecule has 2 unspecified atom stereocenters. The van der Waals surface area contributed by atoms with Crippen molar-refractivity contribution in [1.82, 2.24) is 0 Å². The van der Waals surface area contributed by atoms with E-state index in [1.54, 1.807) is 0 Å². The Kier molecular flexibility index (Phi) is 61.6. The van der Waals surface area contributed by atoms with Gasteiger partial charge in [-0.15, -0.1) is 0 Å². The highest BCUT2D eigenvalue weighted by Crippen LogP contribution is 2.45. The molecule has 0 aliphatic rings. The third kappa shape index (κ3) is 66.2. The van der Waals surface area contributed by atoms with Gasteiger partial charge in [-0.05, 0) is 69.1 Å². The number of allylic oxidation sites excluding steroid dienone is 4. The quantitative estimate of drug-likeness (QED) is 0.0169. The zero-order chi connectivity index (χ0) is 68.0. The molecular weight excluding hydrogens is 1210 g/mol. The molecule has 92 heavy (non-hydrogen) atoms. The van der Waals surface area contributed by atoms with Gasteiger partial charge >= 0.3 is 39.5 Å². The van der Waals surface area contributed by atoms with Gasteiger partial charge in [-0.25, -0.2) is 9.13 Å². The van der Waals surface area contributed by atoms with Crippen LogP contribution in [0, 0.1) is 17.8 Å². The van der Waals surface area contributed by atoms with Crippen molar-refractivity contribution in [1.29, 1.82) is 0 Å². The van der Waals surface area contributed by atoms with E-state index in [1.807, 2.05) is 0 Å². The standard InChI is InChI=1S/C73H138O17P2/c1-8-9-10-11-12-13-14-15-16-17-22-28-33-42-49-56-72(77)90-69(61-84-71(76)55-48-41-36-35-39-46-53-66(6)7)63-88-92(81,82)86-59-67(74)58-85-91(79,80)87-62-68(89-73(78)57-50-43-34-29-24-19-21-26-31-38-45-52-65(4)5)60-83-70(75)54-47-40-32-27-23-18-20-25-30-37-44-51-64(2)3/h13-16,64-69,74H,8-12,17-63H2,1-7H3,(H,79,80)(H,81,82)/b14-13-,16-15-/t67-,68-,69-/m1/s1. The molecule has 0 rings (SSSR count). The van der Waals surface area contributed by atoms with Crippen LogP contribution in [-0.2, 0) is 65.4 Å². The van der Waals surface area contributed by atoms with Gasteiger partial charge < -0.3 is 33.8 Å². The molecule has 0 aliphatic carbocycles. The first-order valence-electron chi connectivity index (χ1n) is 37.2. The second-order valence-electron chi connectivity index (χ2n) is 27.1. The highest BCUT2D eigenvalue weighted by atomic mass is 31.2. The van der Waals surface area contributed by atoms with E-state index in [0.717, 1.165) is 121 Å². The summed E-state index contributed by atoms with van der Waals surface area (Å²) in [6, 6.07) is 0. The van der Waals surface area contributed by atoms with E-state index in [1.165, 1.54) is 135 Å². The number of phosphoric ester groups is 2. The minimum Gasteiger partial charge on any atom is -0.462 e. The molecule has 0 aromatic carbocycles. The van der Waals surface area contributed by atoms with Gasteiger partial charge in [-0.3, -0.25) is 37.3 Å². The van der Waals surface area contributed by atoms with Gasteiger partial charge in [-0.2, -0.15) is 0 Å². The normalized spacial score (nSPS) is 14.3. The third-order valence-corrected chi connectivity index (χ3v) is 18.2. The Balaban J connectivity index is 5.28. The highest BCUT2D eigenvalue weighted by Gasteiger charge is 2.30. The highest BCUT2D eigenvalue weighted by molar-refractivity contribution is 7.47. The summed E-state index contributed by atoms with van der Waals surface area (Å²) >= 11 is 0. The molecule has 0 saturated carbocycles. The molecule has 0 amide bonds. The summed E-state index contributed by atoms with van der Waals surface area (Å²) in [5.41, 5.74) is 0. The zero-order valence-electron chi connectivity index (χ0n) is 59.5. The molecule has 0 spiro atoms. The van der Waals surface area contributed by atoms with E-state index in [9.17, 15) is 43.2 Å². The van der Waals surface area contributed by atoms with Gasteiger partial charge in [0.1, 0.15) is 19.3 Å². The Hall–Kier alpha value is -2.46. The number of phosphoric acid groups is 2. The van der Waals surface area contributed by atoms with Crippen LogP contribution in [0.4, 0.5) is 0 Å². The number of ether oxygens (including phenoxy) is 4. The molecule has 0 heterocycles. The second kappa shape index (κ2) is 63.3. The maximum atomic E-state index is 13.0. The van der Waals surface area contributed by atoms with E-state index in [2.05, 4.69) is 72.8 Å². The maximum absolute atomic E-state index is 13.0. The van der Waals surface area contributed by atoms with Crippen molar-refractivity contribution in [3.05, 3.63) is 24.3 Å². The molecule has 5 atom stereocenters. The van der Waals surface area contributed by atoms with Crippen LogP contribution in [0.3, 0.4) is 0 Å². The maximum Gasteiger partial charge on any atom is 0.472 e.